The Kier molecular flexibility index (Phi) is 6.97. The number of hydrogen-bond acceptors (Lipinski definition) is 6. The van der Waals surface area contributed by atoms with E-state index in [1.54, 1.807) is 36.4 Å². The van der Waals surface area contributed by atoms with Crippen LogP contribution in [0.25, 0.3) is 6.08 Å². The maximum Gasteiger partial charge on any atom is 0.266 e. The van der Waals surface area contributed by atoms with E-state index >= 15 is 0 Å². The molecule has 1 amide bonds. The average molecular weight is 365 g/mol. The molecule has 0 saturated heterocycles. The van der Waals surface area contributed by atoms with Crippen molar-refractivity contribution in [1.82, 2.24) is 0 Å². The van der Waals surface area contributed by atoms with E-state index in [9.17, 15) is 20.0 Å². The van der Waals surface area contributed by atoms with Crippen molar-refractivity contribution < 1.29 is 24.2 Å². The number of carbonyl (C=O) groups is 2. The van der Waals surface area contributed by atoms with Gasteiger partial charge in [-0.1, -0.05) is 18.2 Å². The Morgan fingerprint density at radius 3 is 2.52 bits per heavy atom. The summed E-state index contributed by atoms with van der Waals surface area (Å²) in [7, 11) is 0. The van der Waals surface area contributed by atoms with Crippen LogP contribution in [0.5, 0.6) is 11.5 Å². The van der Waals surface area contributed by atoms with Gasteiger partial charge in [-0.3, -0.25) is 4.79 Å². The first-order chi connectivity index (χ1) is 13.0. The van der Waals surface area contributed by atoms with E-state index in [1.165, 1.54) is 18.2 Å². The minimum atomic E-state index is -1.32. The fourth-order valence-corrected chi connectivity index (χ4v) is 2.15. The van der Waals surface area contributed by atoms with Gasteiger partial charge in [0.25, 0.3) is 5.91 Å². The van der Waals surface area contributed by atoms with Crippen molar-refractivity contribution in [3.05, 3.63) is 59.7 Å². The van der Waals surface area contributed by atoms with Gasteiger partial charge in [-0.05, 0) is 42.8 Å². The highest BCUT2D eigenvalue weighted by Gasteiger charge is 2.10. The third-order valence-corrected chi connectivity index (χ3v) is 3.32. The van der Waals surface area contributed by atoms with Gasteiger partial charge in [0.2, 0.25) is 0 Å². The van der Waals surface area contributed by atoms with Gasteiger partial charge in [0, 0.05) is 11.8 Å². The zero-order valence-electron chi connectivity index (χ0n) is 14.6. The van der Waals surface area contributed by atoms with Crippen molar-refractivity contribution in [1.29, 1.82) is 5.26 Å². The lowest BCUT2D eigenvalue weighted by Crippen LogP contribution is -2.28. The second-order valence-electron chi connectivity index (χ2n) is 5.31. The quantitative estimate of drug-likeness (QED) is 0.564. The van der Waals surface area contributed by atoms with Crippen LogP contribution in [-0.4, -0.2) is 25.1 Å². The summed E-state index contributed by atoms with van der Waals surface area (Å²) in [6, 6.07) is 15.0. The van der Waals surface area contributed by atoms with Crippen molar-refractivity contribution in [2.45, 2.75) is 6.92 Å². The molecule has 0 heterocycles. The summed E-state index contributed by atoms with van der Waals surface area (Å²) in [4.78, 5) is 22.7. The van der Waals surface area contributed by atoms with E-state index in [0.29, 0.717) is 29.4 Å². The number of nitrogens with one attached hydrogen (secondary N) is 1. The Morgan fingerprint density at radius 1 is 1.15 bits per heavy atom. The topological polar surface area (TPSA) is 111 Å². The zero-order chi connectivity index (χ0) is 19.6. The van der Waals surface area contributed by atoms with E-state index < -0.39 is 18.5 Å². The van der Waals surface area contributed by atoms with Crippen molar-refractivity contribution in [2.75, 3.05) is 18.5 Å². The number of amides is 1. The zero-order valence-corrected chi connectivity index (χ0v) is 14.6. The number of aliphatic carboxylic acids is 1. The molecular weight excluding hydrogens is 348 g/mol. The first kappa shape index (κ1) is 19.5. The summed E-state index contributed by atoms with van der Waals surface area (Å²) in [5.41, 5.74) is 1.02. The molecule has 0 radical (unpaired) electrons. The Bertz CT molecular complexity index is 882. The number of rotatable bonds is 8. The summed E-state index contributed by atoms with van der Waals surface area (Å²) < 4.78 is 10.3. The standard InChI is InChI=1S/C20H18N2O5/c1-2-26-18-5-3-4-16(11-18)22-20(25)15(12-21)10-14-6-8-17(9-7-14)27-13-19(23)24/h3-11H,2,13H2,1H3,(H,22,25)(H,23,24)/p-1/b15-10-. The molecule has 0 spiro atoms. The fraction of sp³-hybridized carbons (Fsp3) is 0.150. The van der Waals surface area contributed by atoms with Crippen LogP contribution in [0.2, 0.25) is 0 Å². The molecule has 0 aliphatic carbocycles. The third-order valence-electron chi connectivity index (χ3n) is 3.32. The highest BCUT2D eigenvalue weighted by atomic mass is 16.5. The van der Waals surface area contributed by atoms with E-state index in [2.05, 4.69) is 5.32 Å². The number of nitrogens with zero attached hydrogens (tertiary/aromatic N) is 1. The number of hydrogen-bond donors (Lipinski definition) is 1. The van der Waals surface area contributed by atoms with Crippen LogP contribution in [0.1, 0.15) is 12.5 Å². The highest BCUT2D eigenvalue weighted by Crippen LogP contribution is 2.19. The summed E-state index contributed by atoms with van der Waals surface area (Å²) in [5.74, 6) is -0.920. The van der Waals surface area contributed by atoms with Gasteiger partial charge < -0.3 is 24.7 Å². The minimum Gasteiger partial charge on any atom is -0.546 e. The summed E-state index contributed by atoms with van der Waals surface area (Å²) in [5, 5.41) is 22.3. The molecule has 2 rings (SSSR count). The maximum absolute atomic E-state index is 12.3. The molecule has 0 aliphatic heterocycles. The van der Waals surface area contributed by atoms with Gasteiger partial charge in [-0.25, -0.2) is 0 Å². The van der Waals surface area contributed by atoms with Crippen molar-refractivity contribution in [3.8, 4) is 17.6 Å². The highest BCUT2D eigenvalue weighted by molar-refractivity contribution is 6.09. The molecular formula is C20H17N2O5-. The number of carboxylic acids is 1. The monoisotopic (exact) mass is 365 g/mol. The van der Waals surface area contributed by atoms with E-state index in [0.717, 1.165) is 0 Å². The molecule has 7 heteroatoms. The van der Waals surface area contributed by atoms with Gasteiger partial charge in [0.05, 0.1) is 12.6 Å². The van der Waals surface area contributed by atoms with Crippen molar-refractivity contribution in [3.63, 3.8) is 0 Å². The fourth-order valence-electron chi connectivity index (χ4n) is 2.15. The van der Waals surface area contributed by atoms with Crippen LogP contribution in [0, 0.1) is 11.3 Å². The lowest BCUT2D eigenvalue weighted by atomic mass is 10.1. The molecule has 2 aromatic rings. The first-order valence-corrected chi connectivity index (χ1v) is 8.10. The number of carboxylic acid groups (broad SMARTS) is 1. The average Bonchev–Trinajstić information content (AvgIpc) is 2.65. The SMILES string of the molecule is CCOc1cccc(NC(=O)/C(C#N)=C\c2ccc(OCC(=O)[O-])cc2)c1. The Morgan fingerprint density at radius 2 is 1.89 bits per heavy atom. The van der Waals surface area contributed by atoms with Crippen molar-refractivity contribution >= 4 is 23.6 Å². The van der Waals surface area contributed by atoms with Crippen LogP contribution >= 0.6 is 0 Å². The molecule has 2 aromatic carbocycles. The molecule has 1 N–H and O–H groups in total. The normalized spacial score (nSPS) is 10.6. The largest absolute Gasteiger partial charge is 0.546 e. The van der Waals surface area contributed by atoms with Gasteiger partial charge in [-0.2, -0.15) is 5.26 Å². The number of nitriles is 1. The second-order valence-corrected chi connectivity index (χ2v) is 5.31. The molecule has 0 bridgehead atoms. The number of ether oxygens (including phenoxy) is 2. The molecule has 0 aliphatic rings. The molecule has 0 saturated carbocycles. The molecule has 27 heavy (non-hydrogen) atoms. The van der Waals surface area contributed by atoms with Crippen LogP contribution in [0.4, 0.5) is 5.69 Å². The smallest absolute Gasteiger partial charge is 0.266 e. The molecule has 0 atom stereocenters. The Labute approximate surface area is 156 Å². The van der Waals surface area contributed by atoms with E-state index in [4.69, 9.17) is 9.47 Å². The van der Waals surface area contributed by atoms with Crippen molar-refractivity contribution in [2.24, 2.45) is 0 Å². The summed E-state index contributed by atoms with van der Waals surface area (Å²) >= 11 is 0. The van der Waals surface area contributed by atoms with Gasteiger partial charge in [0.1, 0.15) is 29.7 Å². The lowest BCUT2D eigenvalue weighted by Gasteiger charge is -2.08. The number of carbonyl (C=O) groups excluding carboxylic acids is 2. The minimum absolute atomic E-state index is 0.0831. The lowest BCUT2D eigenvalue weighted by molar-refractivity contribution is -0.307. The van der Waals surface area contributed by atoms with Crippen LogP contribution in [-0.2, 0) is 9.59 Å². The Balaban J connectivity index is 2.08. The van der Waals surface area contributed by atoms with Gasteiger partial charge >= 0.3 is 0 Å². The molecule has 138 valence electrons. The van der Waals surface area contributed by atoms with Crippen LogP contribution in [0.15, 0.2) is 54.1 Å². The Hall–Kier alpha value is -3.79. The van der Waals surface area contributed by atoms with Gasteiger partial charge in [-0.15, -0.1) is 0 Å². The molecule has 7 nitrogen and oxygen atoms in total. The predicted octanol–water partition coefficient (Wildman–Crippen LogP) is 1.76. The predicted molar refractivity (Wildman–Crippen MR) is 96.8 cm³/mol. The first-order valence-electron chi connectivity index (χ1n) is 8.10. The summed E-state index contributed by atoms with van der Waals surface area (Å²) in [6.45, 7) is 1.81. The summed E-state index contributed by atoms with van der Waals surface area (Å²) in [6.07, 6.45) is 1.42. The van der Waals surface area contributed by atoms with Crippen LogP contribution in [0.3, 0.4) is 0 Å². The van der Waals surface area contributed by atoms with Gasteiger partial charge in [0.15, 0.2) is 0 Å². The van der Waals surface area contributed by atoms with Crippen LogP contribution < -0.4 is 19.9 Å². The number of benzene rings is 2. The maximum atomic E-state index is 12.3. The second kappa shape index (κ2) is 9.63. The molecule has 0 unspecified atom stereocenters. The third kappa shape index (κ3) is 6.21. The molecule has 0 fully saturated rings. The molecule has 0 aromatic heterocycles. The van der Waals surface area contributed by atoms with E-state index in [1.807, 2.05) is 13.0 Å². The number of anilines is 1. The van der Waals surface area contributed by atoms with E-state index in [-0.39, 0.29) is 5.57 Å².